The Bertz CT molecular complexity index is 1090. The average molecular weight is 459 g/mol. The Labute approximate surface area is 200 Å². The minimum absolute atomic E-state index is 0.0413. The van der Waals surface area contributed by atoms with E-state index in [2.05, 4.69) is 5.32 Å². The number of nitrogens with one attached hydrogen (secondary N) is 1. The molecule has 0 radical (unpaired) electrons. The summed E-state index contributed by atoms with van der Waals surface area (Å²) in [6.07, 6.45) is 4.32. The molecule has 0 atom stereocenters. The number of likely N-dealkylation sites (tertiary alicyclic amines) is 1. The molecule has 0 bridgehead atoms. The standard InChI is InChI=1S/C28H30N2O4/c31-27(24-15-7-9-17-26(24)34-21-20-33-22-12-4-3-5-13-22)29-25-16-8-6-14-23(25)28(32)30-18-10-1-2-11-19-30/h3-9,12-17H,1-2,10-11,18-21H2,(H,29,31). The molecule has 34 heavy (non-hydrogen) atoms. The molecule has 3 aromatic rings. The summed E-state index contributed by atoms with van der Waals surface area (Å²) in [5.41, 5.74) is 1.41. The zero-order chi connectivity index (χ0) is 23.6. The number of nitrogens with zero attached hydrogens (tertiary/aromatic N) is 1. The molecule has 176 valence electrons. The summed E-state index contributed by atoms with van der Waals surface area (Å²) in [4.78, 5) is 28.2. The maximum Gasteiger partial charge on any atom is 0.259 e. The first kappa shape index (κ1) is 23.4. The van der Waals surface area contributed by atoms with Crippen LogP contribution in [0.2, 0.25) is 0 Å². The molecule has 0 aromatic heterocycles. The maximum atomic E-state index is 13.2. The van der Waals surface area contributed by atoms with Crippen molar-refractivity contribution in [2.75, 3.05) is 31.6 Å². The molecule has 1 N–H and O–H groups in total. The van der Waals surface area contributed by atoms with Crippen molar-refractivity contribution in [3.63, 3.8) is 0 Å². The molecule has 1 aliphatic rings. The number of carbonyl (C=O) groups is 2. The van der Waals surface area contributed by atoms with Crippen molar-refractivity contribution < 1.29 is 19.1 Å². The molecule has 2 amide bonds. The van der Waals surface area contributed by atoms with Crippen LogP contribution in [0.3, 0.4) is 0 Å². The number of carbonyl (C=O) groups excluding carboxylic acids is 2. The third-order valence-electron chi connectivity index (χ3n) is 5.78. The molecule has 6 nitrogen and oxygen atoms in total. The number of amides is 2. The van der Waals surface area contributed by atoms with Gasteiger partial charge < -0.3 is 19.7 Å². The van der Waals surface area contributed by atoms with E-state index in [1.54, 1.807) is 30.3 Å². The fraction of sp³-hybridized carbons (Fsp3) is 0.286. The number of hydrogen-bond acceptors (Lipinski definition) is 4. The molecule has 0 aliphatic carbocycles. The molecule has 1 heterocycles. The van der Waals surface area contributed by atoms with Gasteiger partial charge in [-0.3, -0.25) is 9.59 Å². The van der Waals surface area contributed by atoms with Crippen molar-refractivity contribution in [3.05, 3.63) is 90.0 Å². The summed E-state index contributed by atoms with van der Waals surface area (Å²) in [5.74, 6) is 0.867. The van der Waals surface area contributed by atoms with Crippen molar-refractivity contribution in [2.24, 2.45) is 0 Å². The Balaban J connectivity index is 1.42. The highest BCUT2D eigenvalue weighted by molar-refractivity contribution is 6.10. The number of para-hydroxylation sites is 3. The average Bonchev–Trinajstić information content (AvgIpc) is 3.17. The van der Waals surface area contributed by atoms with Crippen LogP contribution in [0.1, 0.15) is 46.4 Å². The van der Waals surface area contributed by atoms with Crippen LogP contribution in [0.15, 0.2) is 78.9 Å². The predicted octanol–water partition coefficient (Wildman–Crippen LogP) is 5.41. The van der Waals surface area contributed by atoms with Gasteiger partial charge in [-0.05, 0) is 49.2 Å². The Morgan fingerprint density at radius 2 is 1.32 bits per heavy atom. The number of hydrogen-bond donors (Lipinski definition) is 1. The lowest BCUT2D eigenvalue weighted by atomic mass is 10.1. The van der Waals surface area contributed by atoms with Crippen LogP contribution in [0, 0.1) is 0 Å². The van der Waals surface area contributed by atoms with Crippen molar-refractivity contribution in [1.82, 2.24) is 4.90 Å². The predicted molar refractivity (Wildman–Crippen MR) is 133 cm³/mol. The van der Waals surface area contributed by atoms with Gasteiger partial charge in [0.1, 0.15) is 24.7 Å². The lowest BCUT2D eigenvalue weighted by Crippen LogP contribution is -2.32. The van der Waals surface area contributed by atoms with Crippen molar-refractivity contribution in [3.8, 4) is 11.5 Å². The molecule has 3 aromatic carbocycles. The van der Waals surface area contributed by atoms with E-state index < -0.39 is 0 Å². The zero-order valence-electron chi connectivity index (χ0n) is 19.2. The van der Waals surface area contributed by atoms with Crippen LogP contribution < -0.4 is 14.8 Å². The van der Waals surface area contributed by atoms with E-state index in [-0.39, 0.29) is 11.8 Å². The first-order valence-electron chi connectivity index (χ1n) is 11.8. The molecule has 1 fully saturated rings. The number of anilines is 1. The largest absolute Gasteiger partial charge is 0.490 e. The molecule has 0 spiro atoms. The van der Waals surface area contributed by atoms with Gasteiger partial charge >= 0.3 is 0 Å². The third-order valence-corrected chi connectivity index (χ3v) is 5.78. The Hall–Kier alpha value is -3.80. The molecule has 6 heteroatoms. The summed E-state index contributed by atoms with van der Waals surface area (Å²) < 4.78 is 11.5. The van der Waals surface area contributed by atoms with Gasteiger partial charge in [0.15, 0.2) is 0 Å². The highest BCUT2D eigenvalue weighted by Crippen LogP contribution is 2.23. The van der Waals surface area contributed by atoms with E-state index in [4.69, 9.17) is 9.47 Å². The Morgan fingerprint density at radius 3 is 2.09 bits per heavy atom. The van der Waals surface area contributed by atoms with E-state index in [1.807, 2.05) is 53.4 Å². The third kappa shape index (κ3) is 6.16. The molecule has 1 saturated heterocycles. The van der Waals surface area contributed by atoms with E-state index in [0.29, 0.717) is 35.8 Å². The molecule has 4 rings (SSSR count). The normalized spacial score (nSPS) is 13.6. The first-order valence-corrected chi connectivity index (χ1v) is 11.8. The smallest absolute Gasteiger partial charge is 0.259 e. The highest BCUT2D eigenvalue weighted by Gasteiger charge is 2.21. The van der Waals surface area contributed by atoms with Gasteiger partial charge in [-0.1, -0.05) is 55.3 Å². The van der Waals surface area contributed by atoms with Gasteiger partial charge in [0, 0.05) is 13.1 Å². The minimum atomic E-state index is -0.323. The van der Waals surface area contributed by atoms with Gasteiger partial charge in [0.2, 0.25) is 0 Å². The van der Waals surface area contributed by atoms with Crippen molar-refractivity contribution in [2.45, 2.75) is 25.7 Å². The first-order chi connectivity index (χ1) is 16.7. The summed E-state index contributed by atoms with van der Waals surface area (Å²) in [7, 11) is 0. The summed E-state index contributed by atoms with van der Waals surface area (Å²) in [6.45, 7) is 2.15. The van der Waals surface area contributed by atoms with Crippen LogP contribution in [0.5, 0.6) is 11.5 Å². The summed E-state index contributed by atoms with van der Waals surface area (Å²) in [5, 5.41) is 2.92. The molecule has 0 unspecified atom stereocenters. The fourth-order valence-electron chi connectivity index (χ4n) is 4.02. The molecular weight excluding hydrogens is 428 g/mol. The van der Waals surface area contributed by atoms with Crippen LogP contribution in [-0.2, 0) is 0 Å². The lowest BCUT2D eigenvalue weighted by Gasteiger charge is -2.22. The monoisotopic (exact) mass is 458 g/mol. The van der Waals surface area contributed by atoms with Gasteiger partial charge in [-0.15, -0.1) is 0 Å². The summed E-state index contributed by atoms with van der Waals surface area (Å²) >= 11 is 0. The molecular formula is C28H30N2O4. The number of rotatable bonds is 8. The topological polar surface area (TPSA) is 67.9 Å². The number of ether oxygens (including phenoxy) is 2. The molecule has 0 saturated carbocycles. The van der Waals surface area contributed by atoms with Gasteiger partial charge in [-0.2, -0.15) is 0 Å². The quantitative estimate of drug-likeness (QED) is 0.458. The SMILES string of the molecule is O=C(Nc1ccccc1C(=O)N1CCCCCC1)c1ccccc1OCCOc1ccccc1. The highest BCUT2D eigenvalue weighted by atomic mass is 16.5. The van der Waals surface area contributed by atoms with Crippen LogP contribution in [0.4, 0.5) is 5.69 Å². The second-order valence-electron chi connectivity index (χ2n) is 8.21. The second-order valence-corrected chi connectivity index (χ2v) is 8.21. The van der Waals surface area contributed by atoms with E-state index >= 15 is 0 Å². The minimum Gasteiger partial charge on any atom is -0.490 e. The Kier molecular flexibility index (Phi) is 8.17. The Morgan fingerprint density at radius 1 is 0.706 bits per heavy atom. The molecule has 1 aliphatic heterocycles. The zero-order valence-corrected chi connectivity index (χ0v) is 19.2. The van der Waals surface area contributed by atoms with Crippen molar-refractivity contribution in [1.29, 1.82) is 0 Å². The second kappa shape index (κ2) is 11.9. The van der Waals surface area contributed by atoms with E-state index in [0.717, 1.165) is 44.5 Å². The van der Waals surface area contributed by atoms with Crippen molar-refractivity contribution >= 4 is 17.5 Å². The summed E-state index contributed by atoms with van der Waals surface area (Å²) in [6, 6.07) is 23.8. The van der Waals surface area contributed by atoms with E-state index in [1.165, 1.54) is 0 Å². The fourth-order valence-corrected chi connectivity index (χ4v) is 4.02. The number of benzene rings is 3. The maximum absolute atomic E-state index is 13.2. The van der Waals surface area contributed by atoms with Gasteiger partial charge in [-0.25, -0.2) is 0 Å². The van der Waals surface area contributed by atoms with E-state index in [9.17, 15) is 9.59 Å². The lowest BCUT2D eigenvalue weighted by molar-refractivity contribution is 0.0762. The van der Waals surface area contributed by atoms with Gasteiger partial charge in [0.05, 0.1) is 16.8 Å². The van der Waals surface area contributed by atoms with Gasteiger partial charge in [0.25, 0.3) is 11.8 Å². The van der Waals surface area contributed by atoms with Crippen LogP contribution >= 0.6 is 0 Å². The van der Waals surface area contributed by atoms with Crippen LogP contribution in [0.25, 0.3) is 0 Å². The van der Waals surface area contributed by atoms with Crippen LogP contribution in [-0.4, -0.2) is 43.0 Å².